The average molecular weight is 374 g/mol. The molecule has 2 aromatic rings. The maximum absolute atomic E-state index is 12.3. The Balaban J connectivity index is 1.72. The van der Waals surface area contributed by atoms with Gasteiger partial charge in [0.25, 0.3) is 0 Å². The van der Waals surface area contributed by atoms with Crippen LogP contribution < -0.4 is 10.2 Å². The fraction of sp³-hybridized carbons (Fsp3) is 0.368. The molecule has 6 nitrogen and oxygen atoms in total. The number of nitrogens with one attached hydrogen (secondary N) is 1. The number of carbonyl (C=O) groups excluding carboxylic acids is 2. The second-order valence-corrected chi connectivity index (χ2v) is 6.78. The Labute approximate surface area is 156 Å². The van der Waals surface area contributed by atoms with Gasteiger partial charge in [-0.15, -0.1) is 0 Å². The Morgan fingerprint density at radius 2 is 2.08 bits per heavy atom. The zero-order valence-corrected chi connectivity index (χ0v) is 15.5. The summed E-state index contributed by atoms with van der Waals surface area (Å²) in [7, 11) is 1.34. The molecule has 1 amide bonds. The maximum atomic E-state index is 12.3. The van der Waals surface area contributed by atoms with E-state index in [1.807, 2.05) is 22.9 Å². The lowest BCUT2D eigenvalue weighted by Crippen LogP contribution is -2.36. The summed E-state index contributed by atoms with van der Waals surface area (Å²) in [4.78, 5) is 26.6. The Bertz CT molecular complexity index is 755. The number of amides is 1. The molecule has 3 rings (SSSR count). The number of benzene rings is 1. The first kappa shape index (κ1) is 18.4. The number of hydrogen-bond acceptors (Lipinski definition) is 6. The lowest BCUT2D eigenvalue weighted by molar-refractivity contribution is -0.116. The van der Waals surface area contributed by atoms with Gasteiger partial charge in [-0.1, -0.05) is 0 Å². The summed E-state index contributed by atoms with van der Waals surface area (Å²) in [5, 5.41) is 6.86. The lowest BCUT2D eigenvalue weighted by Gasteiger charge is -2.29. The highest BCUT2D eigenvalue weighted by Crippen LogP contribution is 2.25. The molecule has 0 spiro atoms. The third-order valence-corrected chi connectivity index (χ3v) is 5.01. The maximum Gasteiger partial charge on any atom is 0.340 e. The molecule has 0 unspecified atom stereocenters. The number of methoxy groups -OCH3 is 1. The molecule has 1 aromatic heterocycles. The lowest BCUT2D eigenvalue weighted by atomic mass is 10.1. The molecule has 1 N–H and O–H groups in total. The summed E-state index contributed by atoms with van der Waals surface area (Å²) in [6, 6.07) is 7.45. The van der Waals surface area contributed by atoms with Gasteiger partial charge < -0.3 is 19.7 Å². The summed E-state index contributed by atoms with van der Waals surface area (Å²) in [5.74, 6) is -0.589. The van der Waals surface area contributed by atoms with Gasteiger partial charge in [0, 0.05) is 25.2 Å². The number of nitrogens with zero attached hydrogens (tertiary/aromatic N) is 1. The monoisotopic (exact) mass is 374 g/mol. The van der Waals surface area contributed by atoms with Crippen molar-refractivity contribution in [1.29, 1.82) is 0 Å². The zero-order chi connectivity index (χ0) is 18.4. The normalized spacial score (nSPS) is 14.1. The van der Waals surface area contributed by atoms with E-state index < -0.39 is 5.97 Å². The fourth-order valence-corrected chi connectivity index (χ4v) is 3.55. The molecule has 26 heavy (non-hydrogen) atoms. The molecule has 0 saturated carbocycles. The summed E-state index contributed by atoms with van der Waals surface area (Å²) >= 11 is 1.61. The van der Waals surface area contributed by atoms with Gasteiger partial charge in [0.1, 0.15) is 0 Å². The number of ether oxygens (including phenoxy) is 2. The molecule has 7 heteroatoms. The van der Waals surface area contributed by atoms with Gasteiger partial charge in [-0.05, 0) is 47.0 Å². The Morgan fingerprint density at radius 1 is 1.27 bits per heavy atom. The van der Waals surface area contributed by atoms with E-state index in [-0.39, 0.29) is 5.91 Å². The first-order valence-corrected chi connectivity index (χ1v) is 9.47. The fourth-order valence-electron chi connectivity index (χ4n) is 2.84. The SMILES string of the molecule is COC(=O)c1cc(N2CCOCC2)ccc1NC(=O)CCc1ccsc1. The standard InChI is InChI=1S/C19H22N2O4S/c1-24-19(23)16-12-15(21-7-9-25-10-8-21)3-4-17(16)20-18(22)5-2-14-6-11-26-13-14/h3-4,6,11-13H,2,5,7-10H2,1H3,(H,20,22). The highest BCUT2D eigenvalue weighted by atomic mass is 32.1. The van der Waals surface area contributed by atoms with Crippen LogP contribution in [0.15, 0.2) is 35.0 Å². The molecular formula is C19H22N2O4S. The molecule has 2 heterocycles. The number of aryl methyl sites for hydroxylation is 1. The first-order chi connectivity index (χ1) is 12.7. The van der Waals surface area contributed by atoms with Crippen LogP contribution in [0.2, 0.25) is 0 Å². The minimum absolute atomic E-state index is 0.125. The number of esters is 1. The van der Waals surface area contributed by atoms with E-state index in [2.05, 4.69) is 10.2 Å². The van der Waals surface area contributed by atoms with Crippen molar-refractivity contribution >= 4 is 34.6 Å². The Hall–Kier alpha value is -2.38. The molecule has 138 valence electrons. The second kappa shape index (κ2) is 8.82. The average Bonchev–Trinajstić information content (AvgIpc) is 3.20. The van der Waals surface area contributed by atoms with Crippen molar-refractivity contribution in [3.8, 4) is 0 Å². The number of carbonyl (C=O) groups is 2. The predicted octanol–water partition coefficient (Wildman–Crippen LogP) is 2.94. The van der Waals surface area contributed by atoms with E-state index in [1.54, 1.807) is 23.5 Å². The summed E-state index contributed by atoms with van der Waals surface area (Å²) in [6.45, 7) is 2.86. The molecule has 1 aliphatic heterocycles. The van der Waals surface area contributed by atoms with Crippen molar-refractivity contribution in [1.82, 2.24) is 0 Å². The van der Waals surface area contributed by atoms with Crippen LogP contribution in [0, 0.1) is 0 Å². The molecule has 0 bridgehead atoms. The molecule has 1 saturated heterocycles. The van der Waals surface area contributed by atoms with Gasteiger partial charge in [0.2, 0.25) is 5.91 Å². The molecule has 1 aliphatic rings. The summed E-state index contributed by atoms with van der Waals surface area (Å²) in [5.41, 5.74) is 2.90. The molecule has 1 fully saturated rings. The summed E-state index contributed by atoms with van der Waals surface area (Å²) < 4.78 is 10.3. The number of hydrogen-bond donors (Lipinski definition) is 1. The van der Waals surface area contributed by atoms with Crippen molar-refractivity contribution in [3.63, 3.8) is 0 Å². The van der Waals surface area contributed by atoms with Gasteiger partial charge in [0.05, 0.1) is 31.6 Å². The quantitative estimate of drug-likeness (QED) is 0.788. The smallest absolute Gasteiger partial charge is 0.340 e. The minimum Gasteiger partial charge on any atom is -0.465 e. The predicted molar refractivity (Wildman–Crippen MR) is 102 cm³/mol. The summed E-state index contributed by atoms with van der Waals surface area (Å²) in [6.07, 6.45) is 1.04. The number of rotatable bonds is 6. The zero-order valence-electron chi connectivity index (χ0n) is 14.7. The van der Waals surface area contributed by atoms with Gasteiger partial charge in [-0.2, -0.15) is 11.3 Å². The number of anilines is 2. The van der Waals surface area contributed by atoms with Crippen LogP contribution in [-0.4, -0.2) is 45.3 Å². The van der Waals surface area contributed by atoms with Crippen molar-refractivity contribution < 1.29 is 19.1 Å². The second-order valence-electron chi connectivity index (χ2n) is 6.00. The largest absolute Gasteiger partial charge is 0.465 e. The molecule has 0 radical (unpaired) electrons. The van der Waals surface area contributed by atoms with Crippen LogP contribution >= 0.6 is 11.3 Å². The van der Waals surface area contributed by atoms with E-state index >= 15 is 0 Å². The van der Waals surface area contributed by atoms with Crippen molar-refractivity contribution in [3.05, 3.63) is 46.2 Å². The van der Waals surface area contributed by atoms with Crippen molar-refractivity contribution in [2.75, 3.05) is 43.6 Å². The van der Waals surface area contributed by atoms with Crippen LogP contribution in [0.5, 0.6) is 0 Å². The number of thiophene rings is 1. The van der Waals surface area contributed by atoms with Gasteiger partial charge >= 0.3 is 5.97 Å². The van der Waals surface area contributed by atoms with Crippen molar-refractivity contribution in [2.24, 2.45) is 0 Å². The van der Waals surface area contributed by atoms with E-state index in [9.17, 15) is 9.59 Å². The third-order valence-electron chi connectivity index (χ3n) is 4.28. The van der Waals surface area contributed by atoms with E-state index in [0.29, 0.717) is 37.3 Å². The van der Waals surface area contributed by atoms with Crippen molar-refractivity contribution in [2.45, 2.75) is 12.8 Å². The molecular weight excluding hydrogens is 352 g/mol. The molecule has 0 aliphatic carbocycles. The van der Waals surface area contributed by atoms with Crippen LogP contribution in [0.1, 0.15) is 22.3 Å². The molecule has 1 aromatic carbocycles. The van der Waals surface area contributed by atoms with Crippen LogP contribution in [0.3, 0.4) is 0 Å². The topological polar surface area (TPSA) is 67.9 Å². The van der Waals surface area contributed by atoms with E-state index in [4.69, 9.17) is 9.47 Å². The van der Waals surface area contributed by atoms with Crippen LogP contribution in [0.25, 0.3) is 0 Å². The highest BCUT2D eigenvalue weighted by molar-refractivity contribution is 7.07. The van der Waals surface area contributed by atoms with Crippen LogP contribution in [-0.2, 0) is 20.7 Å². The Kier molecular flexibility index (Phi) is 6.25. The third kappa shape index (κ3) is 4.62. The number of morpholine rings is 1. The highest BCUT2D eigenvalue weighted by Gasteiger charge is 2.18. The molecule has 0 atom stereocenters. The van der Waals surface area contributed by atoms with E-state index in [1.165, 1.54) is 7.11 Å². The van der Waals surface area contributed by atoms with Gasteiger partial charge in [0.15, 0.2) is 0 Å². The van der Waals surface area contributed by atoms with Crippen LogP contribution in [0.4, 0.5) is 11.4 Å². The van der Waals surface area contributed by atoms with Gasteiger partial charge in [-0.25, -0.2) is 4.79 Å². The Morgan fingerprint density at radius 3 is 2.77 bits per heavy atom. The minimum atomic E-state index is -0.465. The van der Waals surface area contributed by atoms with E-state index in [0.717, 1.165) is 24.3 Å². The van der Waals surface area contributed by atoms with Gasteiger partial charge in [-0.3, -0.25) is 4.79 Å². The first-order valence-electron chi connectivity index (χ1n) is 8.53.